The summed E-state index contributed by atoms with van der Waals surface area (Å²) in [5, 5.41) is 6.39. The lowest BCUT2D eigenvalue weighted by atomic mass is 10.1. The van der Waals surface area contributed by atoms with Crippen molar-refractivity contribution in [3.8, 4) is 5.95 Å². The van der Waals surface area contributed by atoms with Crippen molar-refractivity contribution in [1.82, 2.24) is 24.5 Å². The number of nitrogens with zero attached hydrogens (tertiary/aromatic N) is 5. The zero-order valence-corrected chi connectivity index (χ0v) is 12.9. The molecule has 0 fully saturated rings. The number of aromatic nitrogens is 5. The van der Waals surface area contributed by atoms with Gasteiger partial charge in [-0.15, -0.1) is 0 Å². The van der Waals surface area contributed by atoms with Crippen LogP contribution in [0.2, 0.25) is 0 Å². The molecule has 7 heteroatoms. The van der Waals surface area contributed by atoms with Gasteiger partial charge in [-0.25, -0.2) is 4.98 Å². The molecule has 2 N–H and O–H groups in total. The van der Waals surface area contributed by atoms with E-state index in [0.29, 0.717) is 23.8 Å². The molecule has 2 aromatic rings. The first-order chi connectivity index (χ1) is 10.2. The minimum atomic E-state index is 0.560. The second-order valence-corrected chi connectivity index (χ2v) is 5.25. The average molecular weight is 289 g/mol. The zero-order chi connectivity index (χ0) is 15.1. The molecule has 0 aliphatic carbocycles. The molecule has 2 aromatic heterocycles. The van der Waals surface area contributed by atoms with Crippen LogP contribution < -0.4 is 10.6 Å². The van der Waals surface area contributed by atoms with Crippen LogP contribution in [-0.4, -0.2) is 37.6 Å². The molecule has 0 amide bonds. The van der Waals surface area contributed by atoms with E-state index in [-0.39, 0.29) is 0 Å². The molecule has 0 saturated heterocycles. The molecule has 21 heavy (non-hydrogen) atoms. The van der Waals surface area contributed by atoms with Gasteiger partial charge in [0, 0.05) is 25.5 Å². The topological polar surface area (TPSA) is 80.5 Å². The molecule has 0 saturated carbocycles. The van der Waals surface area contributed by atoms with E-state index in [4.69, 9.17) is 0 Å². The Kier molecular flexibility index (Phi) is 5.48. The van der Waals surface area contributed by atoms with E-state index in [1.54, 1.807) is 17.1 Å². The minimum Gasteiger partial charge on any atom is -0.354 e. The SMILES string of the molecule is CCNc1nc(NCCCC(C)C)nc(-n2ccnc2)n1. The van der Waals surface area contributed by atoms with Crippen LogP contribution in [0, 0.1) is 5.92 Å². The van der Waals surface area contributed by atoms with Crippen LogP contribution in [0.5, 0.6) is 0 Å². The van der Waals surface area contributed by atoms with E-state index < -0.39 is 0 Å². The lowest BCUT2D eigenvalue weighted by Gasteiger charge is -2.10. The fraction of sp³-hybridized carbons (Fsp3) is 0.571. The Labute approximate surface area is 125 Å². The predicted molar refractivity (Wildman–Crippen MR) is 83.7 cm³/mol. The van der Waals surface area contributed by atoms with Gasteiger partial charge in [0.2, 0.25) is 17.8 Å². The van der Waals surface area contributed by atoms with Gasteiger partial charge in [-0.05, 0) is 25.7 Å². The third kappa shape index (κ3) is 4.70. The molecule has 114 valence electrons. The van der Waals surface area contributed by atoms with Crippen molar-refractivity contribution in [2.24, 2.45) is 5.92 Å². The lowest BCUT2D eigenvalue weighted by molar-refractivity contribution is 0.566. The van der Waals surface area contributed by atoms with Gasteiger partial charge in [-0.3, -0.25) is 4.57 Å². The van der Waals surface area contributed by atoms with E-state index in [9.17, 15) is 0 Å². The standard InChI is InChI=1S/C14H23N7/c1-4-16-12-18-13(17-7-5-6-11(2)3)20-14(19-12)21-9-8-15-10-21/h8-11H,4-7H2,1-3H3,(H2,16,17,18,19,20). The minimum absolute atomic E-state index is 0.560. The summed E-state index contributed by atoms with van der Waals surface area (Å²) < 4.78 is 1.77. The van der Waals surface area contributed by atoms with Crippen molar-refractivity contribution in [1.29, 1.82) is 0 Å². The third-order valence-electron chi connectivity index (χ3n) is 2.94. The smallest absolute Gasteiger partial charge is 0.241 e. The summed E-state index contributed by atoms with van der Waals surface area (Å²) in [7, 11) is 0. The second kappa shape index (κ2) is 7.56. The van der Waals surface area contributed by atoms with E-state index >= 15 is 0 Å². The molecule has 0 unspecified atom stereocenters. The zero-order valence-electron chi connectivity index (χ0n) is 12.9. The number of hydrogen-bond donors (Lipinski definition) is 2. The van der Waals surface area contributed by atoms with Crippen LogP contribution in [0.1, 0.15) is 33.6 Å². The Morgan fingerprint density at radius 1 is 1.14 bits per heavy atom. The number of imidazole rings is 1. The highest BCUT2D eigenvalue weighted by molar-refractivity contribution is 5.37. The predicted octanol–water partition coefficient (Wildman–Crippen LogP) is 2.34. The molecule has 0 atom stereocenters. The maximum atomic E-state index is 4.42. The number of anilines is 2. The molecule has 0 radical (unpaired) electrons. The monoisotopic (exact) mass is 289 g/mol. The fourth-order valence-corrected chi connectivity index (χ4v) is 1.88. The van der Waals surface area contributed by atoms with Crippen LogP contribution >= 0.6 is 0 Å². The average Bonchev–Trinajstić information content (AvgIpc) is 2.98. The number of nitrogens with one attached hydrogen (secondary N) is 2. The van der Waals surface area contributed by atoms with Gasteiger partial charge in [-0.1, -0.05) is 13.8 Å². The van der Waals surface area contributed by atoms with E-state index in [1.165, 1.54) is 6.42 Å². The van der Waals surface area contributed by atoms with Crippen LogP contribution in [0.4, 0.5) is 11.9 Å². The van der Waals surface area contributed by atoms with Gasteiger partial charge >= 0.3 is 0 Å². The van der Waals surface area contributed by atoms with Gasteiger partial charge in [0.1, 0.15) is 6.33 Å². The Bertz CT molecular complexity index is 536. The first-order valence-electron chi connectivity index (χ1n) is 7.41. The molecule has 0 aromatic carbocycles. The largest absolute Gasteiger partial charge is 0.354 e. The van der Waals surface area contributed by atoms with Crippen molar-refractivity contribution in [2.45, 2.75) is 33.6 Å². The normalized spacial score (nSPS) is 10.9. The maximum absolute atomic E-state index is 4.42. The van der Waals surface area contributed by atoms with Crippen LogP contribution in [-0.2, 0) is 0 Å². The maximum Gasteiger partial charge on any atom is 0.241 e. The Balaban J connectivity index is 2.08. The summed E-state index contributed by atoms with van der Waals surface area (Å²) in [6.07, 6.45) is 7.47. The Hall–Kier alpha value is -2.18. The molecule has 2 heterocycles. The molecule has 0 aliphatic heterocycles. The first-order valence-corrected chi connectivity index (χ1v) is 7.41. The van der Waals surface area contributed by atoms with E-state index in [1.807, 2.05) is 13.1 Å². The summed E-state index contributed by atoms with van der Waals surface area (Å²) in [6.45, 7) is 8.08. The van der Waals surface area contributed by atoms with Gasteiger partial charge in [0.25, 0.3) is 0 Å². The quantitative estimate of drug-likeness (QED) is 0.726. The van der Waals surface area contributed by atoms with Crippen molar-refractivity contribution in [2.75, 3.05) is 23.7 Å². The molecular weight excluding hydrogens is 266 g/mol. The Morgan fingerprint density at radius 3 is 2.52 bits per heavy atom. The summed E-state index contributed by atoms with van der Waals surface area (Å²) in [4.78, 5) is 17.2. The van der Waals surface area contributed by atoms with Crippen LogP contribution in [0.15, 0.2) is 18.7 Å². The van der Waals surface area contributed by atoms with Crippen LogP contribution in [0.25, 0.3) is 5.95 Å². The summed E-state index contributed by atoms with van der Waals surface area (Å²) >= 11 is 0. The molecule has 0 bridgehead atoms. The van der Waals surface area contributed by atoms with E-state index in [2.05, 4.69) is 44.4 Å². The second-order valence-electron chi connectivity index (χ2n) is 5.25. The summed E-state index contributed by atoms with van der Waals surface area (Å²) in [6, 6.07) is 0. The fourth-order valence-electron chi connectivity index (χ4n) is 1.88. The Morgan fingerprint density at radius 2 is 1.90 bits per heavy atom. The highest BCUT2D eigenvalue weighted by Gasteiger charge is 2.07. The van der Waals surface area contributed by atoms with Crippen molar-refractivity contribution in [3.63, 3.8) is 0 Å². The molecule has 2 rings (SSSR count). The van der Waals surface area contributed by atoms with Crippen molar-refractivity contribution >= 4 is 11.9 Å². The third-order valence-corrected chi connectivity index (χ3v) is 2.94. The molecular formula is C14H23N7. The van der Waals surface area contributed by atoms with Crippen molar-refractivity contribution in [3.05, 3.63) is 18.7 Å². The van der Waals surface area contributed by atoms with Gasteiger partial charge in [0.05, 0.1) is 0 Å². The number of hydrogen-bond acceptors (Lipinski definition) is 6. The first kappa shape index (κ1) is 15.2. The van der Waals surface area contributed by atoms with Crippen LogP contribution in [0.3, 0.4) is 0 Å². The number of rotatable bonds is 8. The highest BCUT2D eigenvalue weighted by atomic mass is 15.3. The van der Waals surface area contributed by atoms with Gasteiger partial charge in [0.15, 0.2) is 0 Å². The summed E-state index contributed by atoms with van der Waals surface area (Å²) in [5.41, 5.74) is 0. The lowest BCUT2D eigenvalue weighted by Crippen LogP contribution is -2.13. The molecule has 0 aliphatic rings. The highest BCUT2D eigenvalue weighted by Crippen LogP contribution is 2.10. The van der Waals surface area contributed by atoms with Gasteiger partial charge < -0.3 is 10.6 Å². The molecule has 7 nitrogen and oxygen atoms in total. The van der Waals surface area contributed by atoms with Crippen molar-refractivity contribution < 1.29 is 0 Å². The van der Waals surface area contributed by atoms with E-state index in [0.717, 1.165) is 19.5 Å². The molecule has 0 spiro atoms. The summed E-state index contributed by atoms with van der Waals surface area (Å²) in [5.74, 6) is 2.43. The van der Waals surface area contributed by atoms with Gasteiger partial charge in [-0.2, -0.15) is 15.0 Å².